The molecule has 0 rings (SSSR count). The minimum atomic E-state index is 0.0570. The molecule has 0 radical (unpaired) electrons. The highest BCUT2D eigenvalue weighted by Gasteiger charge is 1.88. The molecule has 15 heavy (non-hydrogen) atoms. The number of ether oxygens (including phenoxy) is 3. The Morgan fingerprint density at radius 2 is 1.67 bits per heavy atom. The second-order valence-corrected chi connectivity index (χ2v) is 3.46. The normalized spacial score (nSPS) is 11.1. The third kappa shape index (κ3) is 13.9. The highest BCUT2D eigenvalue weighted by atomic mass is 79.9. The zero-order chi connectivity index (χ0) is 11.2. The van der Waals surface area contributed by atoms with Gasteiger partial charge in [0.25, 0.3) is 0 Å². The van der Waals surface area contributed by atoms with E-state index in [1.807, 2.05) is 6.08 Å². The molecule has 0 fully saturated rings. The van der Waals surface area contributed by atoms with Gasteiger partial charge in [-0.3, -0.25) is 0 Å². The zero-order valence-electron chi connectivity index (χ0n) is 8.86. The van der Waals surface area contributed by atoms with E-state index in [1.54, 1.807) is 6.26 Å². The second-order valence-electron chi connectivity index (χ2n) is 2.67. The minimum absolute atomic E-state index is 0.0570. The molecule has 0 unspecified atom stereocenters. The molecule has 90 valence electrons. The fourth-order valence-electron chi connectivity index (χ4n) is 0.761. The SMILES string of the molecule is OCCOCCOCCOC=CCCBr. The van der Waals surface area contributed by atoms with Crippen molar-refractivity contribution >= 4 is 15.9 Å². The van der Waals surface area contributed by atoms with E-state index in [0.717, 1.165) is 11.8 Å². The van der Waals surface area contributed by atoms with Crippen LogP contribution < -0.4 is 0 Å². The largest absolute Gasteiger partial charge is 0.499 e. The number of hydrogen-bond donors (Lipinski definition) is 1. The molecule has 0 aromatic rings. The van der Waals surface area contributed by atoms with Crippen molar-refractivity contribution in [2.45, 2.75) is 6.42 Å². The fourth-order valence-corrected chi connectivity index (χ4v) is 1.03. The first-order valence-corrected chi connectivity index (χ1v) is 6.13. The van der Waals surface area contributed by atoms with Gasteiger partial charge in [0.15, 0.2) is 0 Å². The van der Waals surface area contributed by atoms with Crippen molar-refractivity contribution in [1.82, 2.24) is 0 Å². The average Bonchev–Trinajstić information content (AvgIpc) is 2.26. The van der Waals surface area contributed by atoms with Crippen LogP contribution in [-0.2, 0) is 14.2 Å². The summed E-state index contributed by atoms with van der Waals surface area (Å²) >= 11 is 3.31. The van der Waals surface area contributed by atoms with Crippen LogP contribution in [0.3, 0.4) is 0 Å². The van der Waals surface area contributed by atoms with E-state index >= 15 is 0 Å². The van der Waals surface area contributed by atoms with Crippen molar-refractivity contribution in [3.05, 3.63) is 12.3 Å². The van der Waals surface area contributed by atoms with Crippen LogP contribution >= 0.6 is 15.9 Å². The Bertz CT molecular complexity index is 141. The first-order chi connectivity index (χ1) is 7.41. The molecule has 0 saturated heterocycles. The lowest BCUT2D eigenvalue weighted by Gasteiger charge is -2.04. The topological polar surface area (TPSA) is 47.9 Å². The van der Waals surface area contributed by atoms with Gasteiger partial charge in [-0.05, 0) is 12.5 Å². The van der Waals surface area contributed by atoms with E-state index in [9.17, 15) is 0 Å². The molecular weight excluding hydrogens is 264 g/mol. The molecule has 4 nitrogen and oxygen atoms in total. The van der Waals surface area contributed by atoms with E-state index in [0.29, 0.717) is 33.0 Å². The number of hydrogen-bond acceptors (Lipinski definition) is 4. The van der Waals surface area contributed by atoms with E-state index in [2.05, 4.69) is 15.9 Å². The maximum atomic E-state index is 8.41. The summed E-state index contributed by atoms with van der Waals surface area (Å²) in [6.07, 6.45) is 4.61. The van der Waals surface area contributed by atoms with E-state index < -0.39 is 0 Å². The van der Waals surface area contributed by atoms with Crippen molar-refractivity contribution in [1.29, 1.82) is 0 Å². The molecule has 0 aliphatic rings. The van der Waals surface area contributed by atoms with Gasteiger partial charge in [0.1, 0.15) is 6.61 Å². The number of aliphatic hydroxyl groups excluding tert-OH is 1. The molecule has 0 bridgehead atoms. The summed E-state index contributed by atoms with van der Waals surface area (Å²) in [6.45, 7) is 2.59. The summed E-state index contributed by atoms with van der Waals surface area (Å²) in [6, 6.07) is 0. The molecule has 0 aromatic carbocycles. The number of aliphatic hydroxyl groups is 1. The number of halogens is 1. The molecule has 0 saturated carbocycles. The molecule has 0 aromatic heterocycles. The van der Waals surface area contributed by atoms with Crippen LogP contribution in [0.2, 0.25) is 0 Å². The quantitative estimate of drug-likeness (QED) is 0.353. The number of rotatable bonds is 11. The Balaban J connectivity index is 2.92. The smallest absolute Gasteiger partial charge is 0.111 e. The lowest BCUT2D eigenvalue weighted by atomic mass is 10.5. The monoisotopic (exact) mass is 282 g/mol. The number of alkyl halides is 1. The second kappa shape index (κ2) is 13.9. The predicted octanol–water partition coefficient (Wildman–Crippen LogP) is 1.33. The Labute approximate surface area is 99.3 Å². The van der Waals surface area contributed by atoms with Crippen LogP contribution in [0.4, 0.5) is 0 Å². The molecule has 1 N–H and O–H groups in total. The van der Waals surface area contributed by atoms with Crippen LogP contribution in [-0.4, -0.2) is 50.1 Å². The molecule has 0 spiro atoms. The third-order valence-corrected chi connectivity index (χ3v) is 1.88. The average molecular weight is 283 g/mol. The summed E-state index contributed by atoms with van der Waals surface area (Å²) < 4.78 is 15.4. The lowest BCUT2D eigenvalue weighted by Crippen LogP contribution is -2.09. The Kier molecular flexibility index (Phi) is 13.8. The van der Waals surface area contributed by atoms with Crippen molar-refractivity contribution < 1.29 is 19.3 Å². The van der Waals surface area contributed by atoms with Crippen molar-refractivity contribution in [3.63, 3.8) is 0 Å². The lowest BCUT2D eigenvalue weighted by molar-refractivity contribution is 0.0203. The molecule has 0 aliphatic carbocycles. The predicted molar refractivity (Wildman–Crippen MR) is 62.2 cm³/mol. The summed E-state index contributed by atoms with van der Waals surface area (Å²) in [5.41, 5.74) is 0. The van der Waals surface area contributed by atoms with Crippen molar-refractivity contribution in [2.75, 3.05) is 45.0 Å². The van der Waals surface area contributed by atoms with Gasteiger partial charge in [-0.15, -0.1) is 0 Å². The molecule has 0 heterocycles. The van der Waals surface area contributed by atoms with Gasteiger partial charge >= 0.3 is 0 Å². The summed E-state index contributed by atoms with van der Waals surface area (Å²) in [5.74, 6) is 0. The molecular formula is C10H19BrO4. The van der Waals surface area contributed by atoms with Crippen LogP contribution in [0.25, 0.3) is 0 Å². The van der Waals surface area contributed by atoms with Crippen LogP contribution in [0.5, 0.6) is 0 Å². The van der Waals surface area contributed by atoms with Gasteiger partial charge < -0.3 is 19.3 Å². The van der Waals surface area contributed by atoms with Crippen LogP contribution in [0.1, 0.15) is 6.42 Å². The Hall–Kier alpha value is -0.100. The molecule has 5 heteroatoms. The van der Waals surface area contributed by atoms with E-state index in [4.69, 9.17) is 19.3 Å². The first-order valence-electron chi connectivity index (χ1n) is 5.00. The number of allylic oxidation sites excluding steroid dienone is 1. The van der Waals surface area contributed by atoms with Crippen molar-refractivity contribution in [3.8, 4) is 0 Å². The molecule has 0 amide bonds. The van der Waals surface area contributed by atoms with Crippen molar-refractivity contribution in [2.24, 2.45) is 0 Å². The van der Waals surface area contributed by atoms with E-state index in [1.165, 1.54) is 0 Å². The molecule has 0 atom stereocenters. The Morgan fingerprint density at radius 1 is 1.00 bits per heavy atom. The highest BCUT2D eigenvalue weighted by molar-refractivity contribution is 9.09. The van der Waals surface area contributed by atoms with Gasteiger partial charge in [0.05, 0.1) is 39.3 Å². The van der Waals surface area contributed by atoms with Gasteiger partial charge in [0, 0.05) is 5.33 Å². The van der Waals surface area contributed by atoms with Crippen LogP contribution in [0.15, 0.2) is 12.3 Å². The highest BCUT2D eigenvalue weighted by Crippen LogP contribution is 1.89. The summed E-state index contributed by atoms with van der Waals surface area (Å²) in [5, 5.41) is 9.36. The minimum Gasteiger partial charge on any atom is -0.499 e. The van der Waals surface area contributed by atoms with E-state index in [-0.39, 0.29) is 6.61 Å². The van der Waals surface area contributed by atoms with Gasteiger partial charge in [0.2, 0.25) is 0 Å². The maximum absolute atomic E-state index is 8.41. The fraction of sp³-hybridized carbons (Fsp3) is 0.800. The summed E-state index contributed by atoms with van der Waals surface area (Å²) in [4.78, 5) is 0. The standard InChI is InChI=1S/C10H19BrO4/c11-3-1-2-5-13-7-9-15-10-8-14-6-4-12/h2,5,12H,1,3-4,6-10H2. The Morgan fingerprint density at radius 3 is 2.33 bits per heavy atom. The zero-order valence-corrected chi connectivity index (χ0v) is 10.4. The first kappa shape index (κ1) is 14.9. The molecule has 0 aliphatic heterocycles. The van der Waals surface area contributed by atoms with Crippen LogP contribution in [0, 0.1) is 0 Å². The third-order valence-electron chi connectivity index (χ3n) is 1.42. The van der Waals surface area contributed by atoms with Gasteiger partial charge in [-0.2, -0.15) is 0 Å². The van der Waals surface area contributed by atoms with Gasteiger partial charge in [-0.25, -0.2) is 0 Å². The summed E-state index contributed by atoms with van der Waals surface area (Å²) in [7, 11) is 0. The maximum Gasteiger partial charge on any atom is 0.111 e. The van der Waals surface area contributed by atoms with Gasteiger partial charge in [-0.1, -0.05) is 15.9 Å².